The van der Waals surface area contributed by atoms with Crippen LogP contribution in [0.1, 0.15) is 57.2 Å². The van der Waals surface area contributed by atoms with E-state index < -0.39 is 0 Å². The van der Waals surface area contributed by atoms with Gasteiger partial charge in [0.05, 0.1) is 7.11 Å². The van der Waals surface area contributed by atoms with Crippen molar-refractivity contribution < 1.29 is 4.74 Å². The first-order valence-electron chi connectivity index (χ1n) is 10.0. The Morgan fingerprint density at radius 1 is 1.36 bits per heavy atom. The molecule has 2 aliphatic heterocycles. The lowest BCUT2D eigenvalue weighted by Crippen LogP contribution is -2.46. The molecule has 1 saturated heterocycles. The highest BCUT2D eigenvalue weighted by atomic mass is 16.5. The maximum Gasteiger partial charge on any atom is 0.119 e. The highest BCUT2D eigenvalue weighted by Crippen LogP contribution is 2.43. The van der Waals surface area contributed by atoms with Gasteiger partial charge in [-0.1, -0.05) is 20.3 Å². The maximum absolute atomic E-state index is 5.47. The molecule has 0 saturated carbocycles. The van der Waals surface area contributed by atoms with Crippen LogP contribution in [0.4, 0.5) is 0 Å². The molecule has 136 valence electrons. The van der Waals surface area contributed by atoms with Gasteiger partial charge in [-0.2, -0.15) is 0 Å². The van der Waals surface area contributed by atoms with Gasteiger partial charge in [-0.3, -0.25) is 4.90 Å². The molecule has 2 aromatic rings. The third-order valence-electron chi connectivity index (χ3n) is 6.84. The highest BCUT2D eigenvalue weighted by Gasteiger charge is 2.38. The number of piperidine rings is 1. The van der Waals surface area contributed by atoms with Crippen LogP contribution in [-0.2, 0) is 6.42 Å². The second-order valence-corrected chi connectivity index (χ2v) is 8.37. The Morgan fingerprint density at radius 2 is 2.20 bits per heavy atom. The molecule has 3 nitrogen and oxygen atoms in total. The van der Waals surface area contributed by atoms with E-state index in [2.05, 4.69) is 48.9 Å². The first-order chi connectivity index (χ1) is 12.1. The summed E-state index contributed by atoms with van der Waals surface area (Å²) in [5.41, 5.74) is 4.32. The van der Waals surface area contributed by atoms with Gasteiger partial charge in [-0.05, 0) is 61.8 Å². The van der Waals surface area contributed by atoms with Crippen molar-refractivity contribution >= 4 is 10.9 Å². The molecule has 1 aromatic heterocycles. The fourth-order valence-electron chi connectivity index (χ4n) is 5.16. The van der Waals surface area contributed by atoms with Gasteiger partial charge in [0.2, 0.25) is 0 Å². The molecule has 2 bridgehead atoms. The molecule has 0 spiro atoms. The predicted molar refractivity (Wildman–Crippen MR) is 105 cm³/mol. The standard InChI is InChI=1S/C22H32N2O/c1-5-14(2)10-16-11-19-15(3)24(13-16)9-8-18-20-12-17(25-4)6-7-21(20)23-22(18)19/h6-7,12,14-16,19,23H,5,8-11,13H2,1-4H3/t14?,15?,16-,19?/m0/s1. The predicted octanol–water partition coefficient (Wildman–Crippen LogP) is 4.96. The van der Waals surface area contributed by atoms with Gasteiger partial charge in [0.15, 0.2) is 0 Å². The third kappa shape index (κ3) is 2.97. The Morgan fingerprint density at radius 3 is 2.96 bits per heavy atom. The van der Waals surface area contributed by atoms with E-state index in [0.717, 1.165) is 24.0 Å². The van der Waals surface area contributed by atoms with E-state index in [-0.39, 0.29) is 0 Å². The van der Waals surface area contributed by atoms with Gasteiger partial charge in [0.25, 0.3) is 0 Å². The van der Waals surface area contributed by atoms with E-state index in [4.69, 9.17) is 4.74 Å². The van der Waals surface area contributed by atoms with Gasteiger partial charge in [-0.25, -0.2) is 0 Å². The quantitative estimate of drug-likeness (QED) is 0.852. The monoisotopic (exact) mass is 340 g/mol. The average Bonchev–Trinajstić information content (AvgIpc) is 2.96. The van der Waals surface area contributed by atoms with Crippen LogP contribution >= 0.6 is 0 Å². The lowest BCUT2D eigenvalue weighted by Gasteiger charge is -2.42. The number of methoxy groups -OCH3 is 1. The molecule has 4 unspecified atom stereocenters. The number of aromatic nitrogens is 1. The topological polar surface area (TPSA) is 28.3 Å². The highest BCUT2D eigenvalue weighted by molar-refractivity contribution is 5.86. The van der Waals surface area contributed by atoms with Gasteiger partial charge < -0.3 is 9.72 Å². The number of fused-ring (bicyclic) bond motifs is 6. The van der Waals surface area contributed by atoms with E-state index in [1.54, 1.807) is 7.11 Å². The largest absolute Gasteiger partial charge is 0.497 e. The van der Waals surface area contributed by atoms with Crippen LogP contribution < -0.4 is 4.74 Å². The van der Waals surface area contributed by atoms with Crippen molar-refractivity contribution in [1.82, 2.24) is 9.88 Å². The molecule has 1 fully saturated rings. The first-order valence-corrected chi connectivity index (χ1v) is 10.0. The second kappa shape index (κ2) is 6.68. The summed E-state index contributed by atoms with van der Waals surface area (Å²) in [5.74, 6) is 3.28. The second-order valence-electron chi connectivity index (χ2n) is 8.37. The van der Waals surface area contributed by atoms with Crippen molar-refractivity contribution in [3.8, 4) is 5.75 Å². The molecule has 3 heteroatoms. The Hall–Kier alpha value is -1.48. The van der Waals surface area contributed by atoms with Gasteiger partial charge in [0, 0.05) is 41.6 Å². The zero-order valence-corrected chi connectivity index (χ0v) is 16.1. The van der Waals surface area contributed by atoms with Crippen molar-refractivity contribution in [2.75, 3.05) is 20.2 Å². The minimum Gasteiger partial charge on any atom is -0.497 e. The molecule has 0 radical (unpaired) electrons. The summed E-state index contributed by atoms with van der Waals surface area (Å²) in [5, 5.41) is 1.37. The van der Waals surface area contributed by atoms with Gasteiger partial charge >= 0.3 is 0 Å². The molecule has 0 amide bonds. The molecule has 25 heavy (non-hydrogen) atoms. The van der Waals surface area contributed by atoms with Gasteiger partial charge in [-0.15, -0.1) is 0 Å². The van der Waals surface area contributed by atoms with E-state index in [0.29, 0.717) is 12.0 Å². The lowest BCUT2D eigenvalue weighted by molar-refractivity contribution is 0.0921. The maximum atomic E-state index is 5.47. The molecular weight excluding hydrogens is 308 g/mol. The Kier molecular flexibility index (Phi) is 4.53. The molecule has 1 aromatic carbocycles. The van der Waals surface area contributed by atoms with Gasteiger partial charge in [0.1, 0.15) is 5.75 Å². The summed E-state index contributed by atoms with van der Waals surface area (Å²) in [4.78, 5) is 6.55. The average molecular weight is 341 g/mol. The van der Waals surface area contributed by atoms with Crippen molar-refractivity contribution in [2.45, 2.75) is 58.4 Å². The van der Waals surface area contributed by atoms with Crippen LogP contribution in [0.15, 0.2) is 18.2 Å². The number of aromatic amines is 1. The minimum absolute atomic E-state index is 0.638. The summed E-state index contributed by atoms with van der Waals surface area (Å²) in [6.45, 7) is 9.65. The molecule has 1 N–H and O–H groups in total. The zero-order chi connectivity index (χ0) is 17.6. The van der Waals surface area contributed by atoms with E-state index in [1.807, 2.05) is 0 Å². The van der Waals surface area contributed by atoms with Crippen LogP contribution in [0.5, 0.6) is 5.75 Å². The number of H-pyrrole nitrogens is 1. The molecule has 0 aliphatic carbocycles. The van der Waals surface area contributed by atoms with Crippen LogP contribution in [0, 0.1) is 11.8 Å². The molecule has 3 heterocycles. The molecule has 5 atom stereocenters. The fraction of sp³-hybridized carbons (Fsp3) is 0.636. The number of ether oxygens (including phenoxy) is 1. The molecule has 4 rings (SSSR count). The van der Waals surface area contributed by atoms with Crippen LogP contribution in [0.2, 0.25) is 0 Å². The minimum atomic E-state index is 0.638. The third-order valence-corrected chi connectivity index (χ3v) is 6.84. The summed E-state index contributed by atoms with van der Waals surface area (Å²) < 4.78 is 5.47. The van der Waals surface area contributed by atoms with Crippen molar-refractivity contribution in [3.63, 3.8) is 0 Å². The molecule has 2 aliphatic rings. The Bertz CT molecular complexity index is 750. The summed E-state index contributed by atoms with van der Waals surface area (Å²) in [7, 11) is 1.76. The molecular formula is C22H32N2O. The number of rotatable bonds is 4. The number of hydrogen-bond donors (Lipinski definition) is 1. The first kappa shape index (κ1) is 17.0. The zero-order valence-electron chi connectivity index (χ0n) is 16.1. The van der Waals surface area contributed by atoms with Crippen molar-refractivity contribution in [3.05, 3.63) is 29.5 Å². The Labute approximate surface area is 151 Å². The smallest absolute Gasteiger partial charge is 0.119 e. The van der Waals surface area contributed by atoms with E-state index in [9.17, 15) is 0 Å². The van der Waals surface area contributed by atoms with Crippen molar-refractivity contribution in [1.29, 1.82) is 0 Å². The lowest BCUT2D eigenvalue weighted by atomic mass is 9.78. The van der Waals surface area contributed by atoms with E-state index >= 15 is 0 Å². The number of benzene rings is 1. The van der Waals surface area contributed by atoms with Crippen LogP contribution in [-0.4, -0.2) is 36.1 Å². The van der Waals surface area contributed by atoms with Crippen LogP contribution in [0.3, 0.4) is 0 Å². The normalized spacial score (nSPS) is 29.9. The Balaban J connectivity index is 1.71. The van der Waals surface area contributed by atoms with Crippen LogP contribution in [0.25, 0.3) is 10.9 Å². The number of nitrogens with zero attached hydrogens (tertiary/aromatic N) is 1. The summed E-state index contributed by atoms with van der Waals surface area (Å²) in [6, 6.07) is 7.12. The van der Waals surface area contributed by atoms with Crippen molar-refractivity contribution in [2.24, 2.45) is 11.8 Å². The number of nitrogens with one attached hydrogen (secondary N) is 1. The fourth-order valence-corrected chi connectivity index (χ4v) is 5.16. The number of hydrogen-bond acceptors (Lipinski definition) is 2. The SMILES string of the molecule is CCC(C)C[C@H]1CC2c3[nH]c4ccc(OC)cc4c3CCN(C1)C2C. The summed E-state index contributed by atoms with van der Waals surface area (Å²) in [6.07, 6.45) is 5.16. The summed E-state index contributed by atoms with van der Waals surface area (Å²) >= 11 is 0. The van der Waals surface area contributed by atoms with E-state index in [1.165, 1.54) is 54.5 Å².